The zero-order valence-corrected chi connectivity index (χ0v) is 15.4. The van der Waals surface area contributed by atoms with Crippen molar-refractivity contribution in [3.8, 4) is 0 Å². The first-order valence-corrected chi connectivity index (χ1v) is 10.8. The molecule has 6 nitrogen and oxygen atoms in total. The Balaban J connectivity index is 1.75. The zero-order chi connectivity index (χ0) is 16.7. The Bertz CT molecular complexity index is 484. The van der Waals surface area contributed by atoms with E-state index in [1.165, 1.54) is 25.9 Å². The van der Waals surface area contributed by atoms with E-state index in [4.69, 9.17) is 0 Å². The number of hydrogen-bond acceptors (Lipinski definition) is 4. The summed E-state index contributed by atoms with van der Waals surface area (Å²) < 4.78 is 23.1. The van der Waals surface area contributed by atoms with Crippen molar-refractivity contribution in [3.05, 3.63) is 0 Å². The Labute approximate surface area is 141 Å². The summed E-state index contributed by atoms with van der Waals surface area (Å²) in [5, 5.41) is 6.50. The van der Waals surface area contributed by atoms with Gasteiger partial charge in [0.1, 0.15) is 0 Å². The molecule has 0 saturated carbocycles. The summed E-state index contributed by atoms with van der Waals surface area (Å²) in [4.78, 5) is 7.15. The van der Waals surface area contributed by atoms with Crippen LogP contribution in [0.4, 0.5) is 0 Å². The normalized spacial score (nSPS) is 26.3. The number of piperidine rings is 1. The minimum atomic E-state index is -2.85. The smallest absolute Gasteiger partial charge is 0.191 e. The summed E-state index contributed by atoms with van der Waals surface area (Å²) in [6.07, 6.45) is 4.35. The van der Waals surface area contributed by atoms with Crippen LogP contribution in [0.25, 0.3) is 0 Å². The van der Waals surface area contributed by atoms with E-state index in [0.29, 0.717) is 12.2 Å². The molecule has 7 heteroatoms. The fourth-order valence-electron chi connectivity index (χ4n) is 3.37. The van der Waals surface area contributed by atoms with Crippen LogP contribution in [-0.2, 0) is 9.84 Å². The third kappa shape index (κ3) is 6.30. The van der Waals surface area contributed by atoms with Crippen LogP contribution < -0.4 is 10.6 Å². The summed E-state index contributed by atoms with van der Waals surface area (Å²) in [5.74, 6) is 2.06. The van der Waals surface area contributed by atoms with Gasteiger partial charge in [-0.2, -0.15) is 0 Å². The first-order chi connectivity index (χ1) is 11.0. The molecule has 2 saturated heterocycles. The van der Waals surface area contributed by atoms with E-state index in [1.54, 1.807) is 0 Å². The predicted octanol–water partition coefficient (Wildman–Crippen LogP) is 0.851. The number of aliphatic imine (C=N–C) groups is 1. The van der Waals surface area contributed by atoms with Gasteiger partial charge >= 0.3 is 0 Å². The molecule has 134 valence electrons. The third-order valence-corrected chi connectivity index (χ3v) is 6.65. The highest BCUT2D eigenvalue weighted by atomic mass is 32.2. The fraction of sp³-hybridized carbons (Fsp3) is 0.938. The van der Waals surface area contributed by atoms with E-state index >= 15 is 0 Å². The highest BCUT2D eigenvalue weighted by molar-refractivity contribution is 7.91. The van der Waals surface area contributed by atoms with Crippen LogP contribution in [0.2, 0.25) is 0 Å². The van der Waals surface area contributed by atoms with Crippen molar-refractivity contribution in [2.75, 3.05) is 44.2 Å². The molecule has 2 aliphatic rings. The summed E-state index contributed by atoms with van der Waals surface area (Å²) >= 11 is 0. The van der Waals surface area contributed by atoms with Gasteiger partial charge in [0.15, 0.2) is 15.8 Å². The van der Waals surface area contributed by atoms with Gasteiger partial charge in [-0.15, -0.1) is 0 Å². The molecule has 0 aromatic rings. The van der Waals surface area contributed by atoms with E-state index in [0.717, 1.165) is 37.9 Å². The number of hydrogen-bond donors (Lipinski definition) is 2. The molecule has 0 aliphatic carbocycles. The molecule has 0 aromatic carbocycles. The second-order valence-electron chi connectivity index (χ2n) is 6.67. The van der Waals surface area contributed by atoms with Crippen molar-refractivity contribution in [2.45, 2.75) is 45.6 Å². The maximum Gasteiger partial charge on any atom is 0.191 e. The molecule has 1 unspecified atom stereocenters. The quantitative estimate of drug-likeness (QED) is 0.552. The van der Waals surface area contributed by atoms with Gasteiger partial charge in [0.05, 0.1) is 11.5 Å². The maximum atomic E-state index is 11.5. The number of nitrogens with one attached hydrogen (secondary N) is 2. The van der Waals surface area contributed by atoms with Gasteiger partial charge in [-0.3, -0.25) is 4.99 Å². The Morgan fingerprint density at radius 1 is 1.22 bits per heavy atom. The Morgan fingerprint density at radius 2 is 1.96 bits per heavy atom. The van der Waals surface area contributed by atoms with Crippen molar-refractivity contribution in [1.29, 1.82) is 0 Å². The van der Waals surface area contributed by atoms with Crippen molar-refractivity contribution < 1.29 is 8.42 Å². The fourth-order valence-corrected chi connectivity index (χ4v) is 5.05. The molecule has 23 heavy (non-hydrogen) atoms. The van der Waals surface area contributed by atoms with Crippen molar-refractivity contribution in [1.82, 2.24) is 15.5 Å². The van der Waals surface area contributed by atoms with Crippen LogP contribution in [0.3, 0.4) is 0 Å². The topological polar surface area (TPSA) is 73.8 Å². The molecule has 2 heterocycles. The van der Waals surface area contributed by atoms with Crippen molar-refractivity contribution in [2.24, 2.45) is 10.9 Å². The van der Waals surface area contributed by atoms with Crippen LogP contribution >= 0.6 is 0 Å². The summed E-state index contributed by atoms with van der Waals surface area (Å²) in [5.41, 5.74) is 0. The lowest BCUT2D eigenvalue weighted by Gasteiger charge is -2.30. The monoisotopic (exact) mass is 344 g/mol. The minimum Gasteiger partial charge on any atom is -0.357 e. The van der Waals surface area contributed by atoms with Gasteiger partial charge in [-0.25, -0.2) is 8.42 Å². The number of guanidine groups is 1. The van der Waals surface area contributed by atoms with Gasteiger partial charge in [0.25, 0.3) is 0 Å². The van der Waals surface area contributed by atoms with Gasteiger partial charge in [-0.1, -0.05) is 6.92 Å². The third-order valence-electron chi connectivity index (χ3n) is 4.88. The first kappa shape index (κ1) is 18.5. The van der Waals surface area contributed by atoms with E-state index in [1.807, 2.05) is 6.92 Å². The second kappa shape index (κ2) is 8.87. The highest BCUT2D eigenvalue weighted by Gasteiger charge is 2.28. The molecular weight excluding hydrogens is 312 g/mol. The van der Waals surface area contributed by atoms with E-state index < -0.39 is 9.84 Å². The van der Waals surface area contributed by atoms with Crippen LogP contribution in [0.1, 0.15) is 39.5 Å². The Morgan fingerprint density at radius 3 is 2.52 bits per heavy atom. The van der Waals surface area contributed by atoms with Gasteiger partial charge < -0.3 is 15.5 Å². The van der Waals surface area contributed by atoms with Gasteiger partial charge in [-0.05, 0) is 58.2 Å². The largest absolute Gasteiger partial charge is 0.357 e. The predicted molar refractivity (Wildman–Crippen MR) is 95.6 cm³/mol. The molecular formula is C16H32N4O2S. The molecule has 0 amide bonds. The van der Waals surface area contributed by atoms with Crippen molar-refractivity contribution in [3.63, 3.8) is 0 Å². The molecule has 0 radical (unpaired) electrons. The first-order valence-electron chi connectivity index (χ1n) is 9.00. The molecule has 2 aliphatic heterocycles. The average Bonchev–Trinajstić information content (AvgIpc) is 2.87. The molecule has 1 atom stereocenters. The van der Waals surface area contributed by atoms with Crippen molar-refractivity contribution >= 4 is 15.8 Å². The standard InChI is InChI=1S/C16H32N4O2S/c1-3-17-16(19-15-8-12-23(21,22)13-15)18-9-5-14-6-10-20(4-2)11-7-14/h14-15H,3-13H2,1-2H3,(H2,17,18,19). The number of sulfone groups is 1. The maximum absolute atomic E-state index is 11.5. The van der Waals surface area contributed by atoms with Crippen LogP contribution in [-0.4, -0.2) is 69.5 Å². The molecule has 0 spiro atoms. The second-order valence-corrected chi connectivity index (χ2v) is 8.90. The van der Waals surface area contributed by atoms with Crippen LogP contribution in [0, 0.1) is 5.92 Å². The number of rotatable bonds is 6. The highest BCUT2D eigenvalue weighted by Crippen LogP contribution is 2.20. The lowest BCUT2D eigenvalue weighted by Crippen LogP contribution is -2.44. The summed E-state index contributed by atoms with van der Waals surface area (Å²) in [6.45, 7) is 9.44. The SMILES string of the molecule is CCNC(=NCCC1CCN(CC)CC1)NC1CCS(=O)(=O)C1. The van der Waals surface area contributed by atoms with Gasteiger partial charge in [0, 0.05) is 19.1 Å². The number of likely N-dealkylation sites (tertiary alicyclic amines) is 1. The number of nitrogens with zero attached hydrogens (tertiary/aromatic N) is 2. The Kier molecular flexibility index (Phi) is 7.14. The molecule has 2 N–H and O–H groups in total. The summed E-state index contributed by atoms with van der Waals surface area (Å²) in [6, 6.07) is 0.00518. The molecule has 2 rings (SSSR count). The van der Waals surface area contributed by atoms with Crippen LogP contribution in [0.15, 0.2) is 4.99 Å². The van der Waals surface area contributed by atoms with Gasteiger partial charge in [0.2, 0.25) is 0 Å². The Hall–Kier alpha value is -0.820. The zero-order valence-electron chi connectivity index (χ0n) is 14.6. The average molecular weight is 345 g/mol. The summed E-state index contributed by atoms with van der Waals surface area (Å²) in [7, 11) is -2.85. The van der Waals surface area contributed by atoms with E-state index in [9.17, 15) is 8.42 Å². The molecule has 2 fully saturated rings. The lowest BCUT2D eigenvalue weighted by atomic mass is 9.94. The minimum absolute atomic E-state index is 0.00518. The molecule has 0 bridgehead atoms. The lowest BCUT2D eigenvalue weighted by molar-refractivity contribution is 0.188. The van der Waals surface area contributed by atoms with E-state index in [-0.39, 0.29) is 11.8 Å². The van der Waals surface area contributed by atoms with E-state index in [2.05, 4.69) is 27.4 Å². The molecule has 0 aromatic heterocycles. The van der Waals surface area contributed by atoms with Crippen LogP contribution in [0.5, 0.6) is 0 Å².